The standard InChI is InChI=1S/C21H18N4O3/c1-12-16-9-15(11-22-19(16)25(2)24-12)20(26)23-18-10-14-7-5-4-6-13(14)8-17(18)21(27)28-3/h4-11H,1-3H3,(H,23,26). The SMILES string of the molecule is COC(=O)c1cc2ccccc2cc1NC(=O)c1cnc2c(c1)c(C)nn2C. The molecule has 140 valence electrons. The number of benzene rings is 2. The Morgan fingerprint density at radius 2 is 1.82 bits per heavy atom. The van der Waals surface area contributed by atoms with Crippen LogP contribution in [0.1, 0.15) is 26.4 Å². The number of fused-ring (bicyclic) bond motifs is 2. The predicted molar refractivity (Wildman–Crippen MR) is 106 cm³/mol. The summed E-state index contributed by atoms with van der Waals surface area (Å²) >= 11 is 0. The number of hydrogen-bond acceptors (Lipinski definition) is 5. The zero-order valence-corrected chi connectivity index (χ0v) is 15.7. The van der Waals surface area contributed by atoms with Gasteiger partial charge in [0.1, 0.15) is 0 Å². The molecule has 2 aromatic heterocycles. The van der Waals surface area contributed by atoms with Crippen molar-refractivity contribution < 1.29 is 14.3 Å². The van der Waals surface area contributed by atoms with Crippen molar-refractivity contribution in [2.45, 2.75) is 6.92 Å². The monoisotopic (exact) mass is 374 g/mol. The van der Waals surface area contributed by atoms with Crippen LogP contribution in [0.4, 0.5) is 5.69 Å². The van der Waals surface area contributed by atoms with E-state index >= 15 is 0 Å². The van der Waals surface area contributed by atoms with Gasteiger partial charge < -0.3 is 10.1 Å². The Kier molecular flexibility index (Phi) is 4.27. The van der Waals surface area contributed by atoms with Crippen LogP contribution in [0.25, 0.3) is 21.8 Å². The lowest BCUT2D eigenvalue weighted by molar-refractivity contribution is 0.0602. The molecule has 4 rings (SSSR count). The van der Waals surface area contributed by atoms with Crippen molar-refractivity contribution in [2.24, 2.45) is 7.05 Å². The second-order valence-corrected chi connectivity index (χ2v) is 6.49. The van der Waals surface area contributed by atoms with E-state index in [9.17, 15) is 9.59 Å². The van der Waals surface area contributed by atoms with E-state index in [0.717, 1.165) is 21.9 Å². The fraction of sp³-hybridized carbons (Fsp3) is 0.143. The number of carbonyl (C=O) groups excluding carboxylic acids is 2. The first-order chi connectivity index (χ1) is 13.5. The molecule has 1 N–H and O–H groups in total. The van der Waals surface area contributed by atoms with Gasteiger partial charge in [0.2, 0.25) is 0 Å². The zero-order chi connectivity index (χ0) is 19.8. The second-order valence-electron chi connectivity index (χ2n) is 6.49. The Hall–Kier alpha value is -3.74. The fourth-order valence-electron chi connectivity index (χ4n) is 3.25. The molecule has 0 atom stereocenters. The largest absolute Gasteiger partial charge is 0.465 e. The molecule has 0 spiro atoms. The van der Waals surface area contributed by atoms with Crippen molar-refractivity contribution in [3.63, 3.8) is 0 Å². The molecule has 0 aliphatic rings. The minimum atomic E-state index is -0.516. The van der Waals surface area contributed by atoms with Gasteiger partial charge in [0.25, 0.3) is 5.91 Å². The summed E-state index contributed by atoms with van der Waals surface area (Å²) < 4.78 is 6.55. The Morgan fingerprint density at radius 1 is 1.11 bits per heavy atom. The van der Waals surface area contributed by atoms with Crippen LogP contribution in [-0.2, 0) is 11.8 Å². The number of methoxy groups -OCH3 is 1. The second kappa shape index (κ2) is 6.77. The fourth-order valence-corrected chi connectivity index (χ4v) is 3.25. The van der Waals surface area contributed by atoms with Crippen molar-refractivity contribution in [1.29, 1.82) is 0 Å². The number of aryl methyl sites for hydroxylation is 2. The van der Waals surface area contributed by atoms with E-state index in [4.69, 9.17) is 4.74 Å². The maximum atomic E-state index is 12.8. The van der Waals surface area contributed by atoms with E-state index in [0.29, 0.717) is 22.5 Å². The topological polar surface area (TPSA) is 86.1 Å². The summed E-state index contributed by atoms with van der Waals surface area (Å²) in [4.78, 5) is 29.4. The number of nitrogens with zero attached hydrogens (tertiary/aromatic N) is 3. The van der Waals surface area contributed by atoms with Gasteiger partial charge in [-0.15, -0.1) is 0 Å². The molecule has 0 aliphatic heterocycles. The van der Waals surface area contributed by atoms with Gasteiger partial charge >= 0.3 is 5.97 Å². The van der Waals surface area contributed by atoms with Gasteiger partial charge in [-0.2, -0.15) is 5.10 Å². The van der Waals surface area contributed by atoms with Crippen molar-refractivity contribution in [1.82, 2.24) is 14.8 Å². The van der Waals surface area contributed by atoms with Crippen LogP contribution in [-0.4, -0.2) is 33.8 Å². The van der Waals surface area contributed by atoms with Crippen LogP contribution in [0.2, 0.25) is 0 Å². The lowest BCUT2D eigenvalue weighted by atomic mass is 10.0. The van der Waals surface area contributed by atoms with Crippen LogP contribution >= 0.6 is 0 Å². The van der Waals surface area contributed by atoms with E-state index in [-0.39, 0.29) is 5.91 Å². The number of pyridine rings is 1. The van der Waals surface area contributed by atoms with Gasteiger partial charge in [-0.1, -0.05) is 24.3 Å². The lowest BCUT2D eigenvalue weighted by Crippen LogP contribution is -2.16. The summed E-state index contributed by atoms with van der Waals surface area (Å²) in [5.74, 6) is -0.879. The van der Waals surface area contributed by atoms with E-state index in [2.05, 4.69) is 15.4 Å². The molecule has 0 bridgehead atoms. The number of ether oxygens (including phenoxy) is 1. The Balaban J connectivity index is 1.75. The molecular weight excluding hydrogens is 356 g/mol. The molecule has 2 aromatic carbocycles. The third kappa shape index (κ3) is 2.96. The molecule has 7 heteroatoms. The van der Waals surface area contributed by atoms with E-state index in [1.165, 1.54) is 13.3 Å². The Bertz CT molecular complexity index is 1240. The average Bonchev–Trinajstić information content (AvgIpc) is 3.00. The lowest BCUT2D eigenvalue weighted by Gasteiger charge is -2.12. The van der Waals surface area contributed by atoms with Crippen LogP contribution in [0.3, 0.4) is 0 Å². The molecule has 7 nitrogen and oxygen atoms in total. The van der Waals surface area contributed by atoms with Crippen molar-refractivity contribution in [3.05, 3.63) is 65.5 Å². The molecule has 28 heavy (non-hydrogen) atoms. The summed E-state index contributed by atoms with van der Waals surface area (Å²) in [6.07, 6.45) is 1.50. The van der Waals surface area contributed by atoms with Crippen LogP contribution in [0, 0.1) is 6.92 Å². The van der Waals surface area contributed by atoms with Crippen molar-refractivity contribution >= 4 is 39.4 Å². The maximum absolute atomic E-state index is 12.8. The van der Waals surface area contributed by atoms with Gasteiger partial charge in [-0.3, -0.25) is 9.48 Å². The normalized spacial score (nSPS) is 11.0. The highest BCUT2D eigenvalue weighted by molar-refractivity contribution is 6.11. The van der Waals surface area contributed by atoms with E-state index in [1.54, 1.807) is 29.9 Å². The number of esters is 1. The molecule has 2 heterocycles. The van der Waals surface area contributed by atoms with E-state index in [1.807, 2.05) is 31.2 Å². The predicted octanol–water partition coefficient (Wildman–Crippen LogP) is 3.47. The third-order valence-electron chi connectivity index (χ3n) is 4.66. The maximum Gasteiger partial charge on any atom is 0.339 e. The van der Waals surface area contributed by atoms with Gasteiger partial charge in [-0.05, 0) is 35.9 Å². The van der Waals surface area contributed by atoms with Gasteiger partial charge in [0.05, 0.1) is 29.6 Å². The third-order valence-corrected chi connectivity index (χ3v) is 4.66. The van der Waals surface area contributed by atoms with Gasteiger partial charge in [0.15, 0.2) is 5.65 Å². The van der Waals surface area contributed by atoms with Crippen LogP contribution in [0.15, 0.2) is 48.7 Å². The smallest absolute Gasteiger partial charge is 0.339 e. The number of aromatic nitrogens is 3. The van der Waals surface area contributed by atoms with Gasteiger partial charge in [0, 0.05) is 18.6 Å². The summed E-state index contributed by atoms with van der Waals surface area (Å²) in [5.41, 5.74) is 2.56. The first kappa shape index (κ1) is 17.7. The number of hydrogen-bond donors (Lipinski definition) is 1. The number of rotatable bonds is 3. The highest BCUT2D eigenvalue weighted by Gasteiger charge is 2.17. The first-order valence-electron chi connectivity index (χ1n) is 8.69. The molecule has 0 saturated carbocycles. The summed E-state index contributed by atoms with van der Waals surface area (Å²) in [6, 6.07) is 12.8. The van der Waals surface area contributed by atoms with Crippen molar-refractivity contribution in [2.75, 3.05) is 12.4 Å². The van der Waals surface area contributed by atoms with Crippen LogP contribution in [0.5, 0.6) is 0 Å². The van der Waals surface area contributed by atoms with Gasteiger partial charge in [-0.25, -0.2) is 9.78 Å². The summed E-state index contributed by atoms with van der Waals surface area (Å²) in [5, 5.41) is 9.73. The number of anilines is 1. The van der Waals surface area contributed by atoms with E-state index < -0.39 is 5.97 Å². The van der Waals surface area contributed by atoms with Crippen LogP contribution < -0.4 is 5.32 Å². The first-order valence-corrected chi connectivity index (χ1v) is 8.69. The molecular formula is C21H18N4O3. The minimum Gasteiger partial charge on any atom is -0.465 e. The number of carbonyl (C=O) groups is 2. The molecule has 4 aromatic rings. The molecule has 0 saturated heterocycles. The molecule has 0 aliphatic carbocycles. The summed E-state index contributed by atoms with van der Waals surface area (Å²) in [7, 11) is 3.12. The molecule has 0 fully saturated rings. The Morgan fingerprint density at radius 3 is 2.54 bits per heavy atom. The number of nitrogens with one attached hydrogen (secondary N) is 1. The molecule has 0 unspecified atom stereocenters. The molecule has 0 radical (unpaired) electrons. The zero-order valence-electron chi connectivity index (χ0n) is 15.7. The van der Waals surface area contributed by atoms with Crippen molar-refractivity contribution in [3.8, 4) is 0 Å². The number of amides is 1. The Labute approximate surface area is 160 Å². The minimum absolute atomic E-state index is 0.293. The highest BCUT2D eigenvalue weighted by atomic mass is 16.5. The average molecular weight is 374 g/mol. The molecule has 1 amide bonds. The quantitative estimate of drug-likeness (QED) is 0.555. The summed E-state index contributed by atoms with van der Waals surface area (Å²) in [6.45, 7) is 1.87. The highest BCUT2D eigenvalue weighted by Crippen LogP contribution is 2.26.